The highest BCUT2D eigenvalue weighted by atomic mass is 79.9. The Balaban J connectivity index is 0.000000239. The van der Waals surface area contributed by atoms with Gasteiger partial charge in [0.15, 0.2) is 11.6 Å². The van der Waals surface area contributed by atoms with Crippen molar-refractivity contribution >= 4 is 96.1 Å². The molecule has 0 spiro atoms. The predicted octanol–water partition coefficient (Wildman–Crippen LogP) is 9.52. The van der Waals surface area contributed by atoms with Crippen molar-refractivity contribution in [1.29, 1.82) is 0 Å². The predicted molar refractivity (Wildman–Crippen MR) is 277 cm³/mol. The zero-order valence-corrected chi connectivity index (χ0v) is 43.5. The third-order valence-electron chi connectivity index (χ3n) is 11.7. The first kappa shape index (κ1) is 54.5. The van der Waals surface area contributed by atoms with E-state index in [-0.39, 0.29) is 95.9 Å². The minimum Gasteiger partial charge on any atom is -0.350 e. The van der Waals surface area contributed by atoms with E-state index in [4.69, 9.17) is 23.2 Å². The van der Waals surface area contributed by atoms with Crippen molar-refractivity contribution in [2.45, 2.75) is 86.2 Å². The summed E-state index contributed by atoms with van der Waals surface area (Å²) >= 11 is 15.0. The van der Waals surface area contributed by atoms with Gasteiger partial charge < -0.3 is 29.6 Å². The molecule has 72 heavy (non-hydrogen) atoms. The van der Waals surface area contributed by atoms with Gasteiger partial charge in [-0.1, -0.05) is 69.5 Å². The number of nitrogens with zero attached hydrogens (tertiary/aromatic N) is 6. The lowest BCUT2D eigenvalue weighted by molar-refractivity contribution is -0.138. The smallest absolute Gasteiger partial charge is 0.243 e. The molecule has 4 aromatic carbocycles. The van der Waals surface area contributed by atoms with E-state index in [0.29, 0.717) is 17.5 Å². The van der Waals surface area contributed by atoms with Gasteiger partial charge in [-0.05, 0) is 95.1 Å². The summed E-state index contributed by atoms with van der Waals surface area (Å²) in [5.41, 5.74) is 4.98. The molecular formula is C53H53BrCl2F2N8O6. The first-order valence-corrected chi connectivity index (χ1v) is 24.4. The van der Waals surface area contributed by atoms with Crippen molar-refractivity contribution in [3.05, 3.63) is 163 Å². The van der Waals surface area contributed by atoms with Gasteiger partial charge in [0.05, 0.1) is 23.1 Å². The Morgan fingerprint density at radius 2 is 1.08 bits per heavy atom. The Morgan fingerprint density at radius 3 is 1.53 bits per heavy atom. The van der Waals surface area contributed by atoms with Gasteiger partial charge in [-0.25, -0.2) is 18.7 Å². The second-order valence-electron chi connectivity index (χ2n) is 17.6. The van der Waals surface area contributed by atoms with Gasteiger partial charge in [-0.3, -0.25) is 28.8 Å². The van der Waals surface area contributed by atoms with Gasteiger partial charge in [0.1, 0.15) is 31.1 Å². The quantitative estimate of drug-likeness (QED) is 0.0802. The van der Waals surface area contributed by atoms with Crippen molar-refractivity contribution in [1.82, 2.24) is 39.5 Å². The van der Waals surface area contributed by atoms with Gasteiger partial charge in [0.2, 0.25) is 23.6 Å². The molecule has 0 atom stereocenters. The number of carbonyl (C=O) groups excluding carboxylic acids is 6. The molecule has 2 N–H and O–H groups in total. The molecule has 0 radical (unpaired) electrons. The summed E-state index contributed by atoms with van der Waals surface area (Å²) in [6, 6.07) is 20.0. The molecule has 0 saturated heterocycles. The number of carbonyl (C=O) groups is 6. The van der Waals surface area contributed by atoms with Crippen LogP contribution < -0.4 is 10.6 Å². The highest BCUT2D eigenvalue weighted by molar-refractivity contribution is 9.10. The molecule has 4 amide bonds. The van der Waals surface area contributed by atoms with E-state index < -0.39 is 23.4 Å². The molecule has 3 heterocycles. The lowest BCUT2D eigenvalue weighted by Crippen LogP contribution is -2.45. The SMILES string of the molecule is CC(=O)c1cn(CC(=O)N(CC(=O)NCc2cccc(Cl)c2F)C(C)C)c2ccc(Br)cc12.CC(=O)c1cn(CC(=O)N(CC(=O)NCc2cccc(Cl)c2F)C(C)C)c2ccc(Cc3cncnc3)cc12. The summed E-state index contributed by atoms with van der Waals surface area (Å²) < 4.78 is 32.5. The van der Waals surface area contributed by atoms with Crippen molar-refractivity contribution in [2.24, 2.45) is 0 Å². The van der Waals surface area contributed by atoms with Gasteiger partial charge in [0, 0.05) is 105 Å². The Bertz CT molecular complexity index is 3160. The summed E-state index contributed by atoms with van der Waals surface area (Å²) in [7, 11) is 0. The number of nitrogens with one attached hydrogen (secondary N) is 2. The lowest BCUT2D eigenvalue weighted by Gasteiger charge is -2.26. The number of rotatable bonds is 18. The van der Waals surface area contributed by atoms with E-state index in [1.165, 1.54) is 54.2 Å². The molecular weight excluding hydrogens is 1030 g/mol. The average molecular weight is 1090 g/mol. The number of ketones is 2. The van der Waals surface area contributed by atoms with Crippen LogP contribution in [0.15, 0.2) is 108 Å². The van der Waals surface area contributed by atoms with E-state index in [2.05, 4.69) is 36.5 Å². The fraction of sp³-hybridized carbons (Fsp3) is 0.283. The van der Waals surface area contributed by atoms with Crippen LogP contribution in [0.4, 0.5) is 8.78 Å². The number of aromatic nitrogens is 4. The molecule has 7 rings (SSSR count). The summed E-state index contributed by atoms with van der Waals surface area (Å²) in [5.74, 6) is -2.77. The minimum atomic E-state index is -0.586. The monoisotopic (exact) mass is 1080 g/mol. The van der Waals surface area contributed by atoms with Crippen LogP contribution in [0.5, 0.6) is 0 Å². The molecule has 14 nitrogen and oxygen atoms in total. The minimum absolute atomic E-state index is 0.0170. The summed E-state index contributed by atoms with van der Waals surface area (Å²) in [5, 5.41) is 6.76. The van der Waals surface area contributed by atoms with E-state index in [1.54, 1.807) is 46.1 Å². The average Bonchev–Trinajstić information content (AvgIpc) is 3.88. The standard InChI is InChI=1S/C29H29ClFN5O3.C24H24BrClFN3O3/c1-18(2)36(15-27(38)34-13-22-5-4-6-25(30)29(22)31)28(39)16-35-14-24(19(3)37)23-10-20(7-8-26(23)35)9-21-11-32-17-33-12-21;1-14(2)30(12-22(32)28-10-16-5-4-6-20(26)24(16)27)23(33)13-29-11-19(15(3)31)18-9-17(25)7-8-21(18)29/h4-8,10-12,14,17-18H,9,13,15-16H2,1-3H3,(H,34,38);4-9,11,14H,10,12-13H2,1-3H3,(H,28,32). The highest BCUT2D eigenvalue weighted by Gasteiger charge is 2.25. The number of fused-ring (bicyclic) bond motifs is 2. The molecule has 0 bridgehead atoms. The van der Waals surface area contributed by atoms with Crippen LogP contribution >= 0.6 is 39.1 Å². The zero-order valence-electron chi connectivity index (χ0n) is 40.4. The normalized spacial score (nSPS) is 11.1. The van der Waals surface area contributed by atoms with Crippen LogP contribution in [-0.2, 0) is 51.8 Å². The highest BCUT2D eigenvalue weighted by Crippen LogP contribution is 2.28. The molecule has 7 aromatic rings. The van der Waals surface area contributed by atoms with Crippen molar-refractivity contribution < 1.29 is 37.5 Å². The molecule has 0 aliphatic heterocycles. The van der Waals surface area contributed by atoms with Crippen LogP contribution in [0.2, 0.25) is 10.0 Å². The first-order chi connectivity index (χ1) is 34.2. The van der Waals surface area contributed by atoms with Gasteiger partial charge in [-0.15, -0.1) is 0 Å². The van der Waals surface area contributed by atoms with Crippen LogP contribution in [0.25, 0.3) is 21.8 Å². The topological polar surface area (TPSA) is 169 Å². The summed E-state index contributed by atoms with van der Waals surface area (Å²) in [6.07, 6.45) is 8.91. The lowest BCUT2D eigenvalue weighted by atomic mass is 10.0. The van der Waals surface area contributed by atoms with Crippen molar-refractivity contribution in [3.8, 4) is 0 Å². The first-order valence-electron chi connectivity index (χ1n) is 22.9. The van der Waals surface area contributed by atoms with Crippen LogP contribution in [-0.4, -0.2) is 89.3 Å². The van der Waals surface area contributed by atoms with Gasteiger partial charge >= 0.3 is 0 Å². The maximum Gasteiger partial charge on any atom is 0.243 e. The molecule has 0 fully saturated rings. The number of hydrogen-bond donors (Lipinski definition) is 2. The zero-order chi connectivity index (χ0) is 52.4. The van der Waals surface area contributed by atoms with E-state index in [0.717, 1.165) is 37.4 Å². The molecule has 0 unspecified atom stereocenters. The third kappa shape index (κ3) is 13.8. The molecule has 0 saturated carbocycles. The van der Waals surface area contributed by atoms with Crippen LogP contribution in [0.3, 0.4) is 0 Å². The van der Waals surface area contributed by atoms with E-state index >= 15 is 0 Å². The Hall–Kier alpha value is -6.82. The van der Waals surface area contributed by atoms with Crippen molar-refractivity contribution in [3.63, 3.8) is 0 Å². The number of hydrogen-bond acceptors (Lipinski definition) is 8. The summed E-state index contributed by atoms with van der Waals surface area (Å²) in [6.45, 7) is 9.69. The second kappa shape index (κ2) is 24.5. The molecule has 376 valence electrons. The molecule has 3 aromatic heterocycles. The van der Waals surface area contributed by atoms with Gasteiger partial charge in [-0.2, -0.15) is 0 Å². The number of Topliss-reactive ketones (excluding diaryl/α,β-unsaturated/α-hetero) is 2. The fourth-order valence-electron chi connectivity index (χ4n) is 7.97. The Kier molecular flexibility index (Phi) is 18.6. The Labute approximate surface area is 433 Å². The Morgan fingerprint density at radius 1 is 0.639 bits per heavy atom. The van der Waals surface area contributed by atoms with Crippen LogP contribution in [0, 0.1) is 11.6 Å². The molecule has 0 aliphatic carbocycles. The maximum absolute atomic E-state index is 14.2. The summed E-state index contributed by atoms with van der Waals surface area (Å²) in [4.78, 5) is 87.1. The van der Waals surface area contributed by atoms with Crippen molar-refractivity contribution in [2.75, 3.05) is 13.1 Å². The molecule has 0 aliphatic rings. The number of amides is 4. The van der Waals surface area contributed by atoms with E-state index in [1.807, 2.05) is 64.1 Å². The van der Waals surface area contributed by atoms with E-state index in [9.17, 15) is 37.5 Å². The fourth-order valence-corrected chi connectivity index (χ4v) is 8.72. The largest absolute Gasteiger partial charge is 0.350 e. The third-order valence-corrected chi connectivity index (χ3v) is 12.8. The van der Waals surface area contributed by atoms with Gasteiger partial charge in [0.25, 0.3) is 0 Å². The number of halogens is 5. The molecule has 19 heteroatoms. The number of benzene rings is 4. The second-order valence-corrected chi connectivity index (χ2v) is 19.3. The van der Waals surface area contributed by atoms with Crippen LogP contribution in [0.1, 0.15) is 84.5 Å². The maximum atomic E-state index is 14.2.